The van der Waals surface area contributed by atoms with E-state index in [1.165, 1.54) is 61.2 Å². The van der Waals surface area contributed by atoms with E-state index in [-0.39, 0.29) is 0 Å². The van der Waals surface area contributed by atoms with Crippen molar-refractivity contribution in [2.45, 2.75) is 25.7 Å². The molecule has 2 aromatic carbocycles. The van der Waals surface area contributed by atoms with E-state index in [9.17, 15) is 0 Å². The third-order valence-electron chi connectivity index (χ3n) is 6.18. The van der Waals surface area contributed by atoms with Crippen molar-refractivity contribution in [1.29, 1.82) is 0 Å². The van der Waals surface area contributed by atoms with Gasteiger partial charge in [-0.25, -0.2) is 0 Å². The monoisotopic (exact) mass is 372 g/mol. The fourth-order valence-corrected chi connectivity index (χ4v) is 4.51. The zero-order valence-electron chi connectivity index (χ0n) is 17.3. The first-order valence-electron chi connectivity index (χ1n) is 10.6. The zero-order valence-corrected chi connectivity index (χ0v) is 17.3. The maximum atomic E-state index is 2.65. The highest BCUT2D eigenvalue weighted by molar-refractivity contribution is 5.68. The molecular weight excluding hydrogens is 340 g/mol. The van der Waals surface area contributed by atoms with Gasteiger partial charge in [0, 0.05) is 39.4 Å². The first-order chi connectivity index (χ1) is 13.7. The summed E-state index contributed by atoms with van der Waals surface area (Å²) in [5, 5.41) is 0. The van der Waals surface area contributed by atoms with Crippen LogP contribution in [0.2, 0.25) is 0 Å². The minimum absolute atomic E-state index is 0.778. The summed E-state index contributed by atoms with van der Waals surface area (Å²) in [5.41, 5.74) is 7.12. The second kappa shape index (κ2) is 8.79. The molecule has 0 aromatic heterocycles. The minimum atomic E-state index is 0.778. The molecule has 4 rings (SSSR count). The molecule has 0 unspecified atom stereocenters. The Balaban J connectivity index is 1.34. The van der Waals surface area contributed by atoms with E-state index >= 15 is 0 Å². The average molecular weight is 373 g/mol. The highest BCUT2D eigenvalue weighted by atomic mass is 15.1. The Morgan fingerprint density at radius 2 is 1.64 bits per heavy atom. The van der Waals surface area contributed by atoms with Gasteiger partial charge >= 0.3 is 0 Å². The van der Waals surface area contributed by atoms with Crippen LogP contribution in [0.4, 0.5) is 5.69 Å². The summed E-state index contributed by atoms with van der Waals surface area (Å²) in [7, 11) is 4.20. The Hall–Kier alpha value is -2.32. The molecule has 2 aromatic rings. The van der Waals surface area contributed by atoms with Crippen molar-refractivity contribution in [2.75, 3.05) is 38.6 Å². The molecule has 0 fully saturated rings. The van der Waals surface area contributed by atoms with Crippen molar-refractivity contribution in [1.82, 2.24) is 4.90 Å². The van der Waals surface area contributed by atoms with E-state index in [1.54, 1.807) is 5.57 Å². The molecule has 2 nitrogen and oxygen atoms in total. The average Bonchev–Trinajstić information content (AvgIpc) is 2.75. The number of benzene rings is 2. The van der Waals surface area contributed by atoms with Crippen LogP contribution < -0.4 is 4.90 Å². The molecule has 0 spiro atoms. The van der Waals surface area contributed by atoms with Gasteiger partial charge in [0.25, 0.3) is 0 Å². The normalized spacial score (nSPS) is 20.4. The van der Waals surface area contributed by atoms with Gasteiger partial charge in [-0.3, -0.25) is 4.90 Å². The van der Waals surface area contributed by atoms with Crippen LogP contribution in [-0.4, -0.2) is 38.6 Å². The van der Waals surface area contributed by atoms with Crippen molar-refractivity contribution in [3.8, 4) is 0 Å². The van der Waals surface area contributed by atoms with Crippen molar-refractivity contribution >= 4 is 16.8 Å². The fraction of sp³-hybridized carbons (Fsp3) is 0.385. The van der Waals surface area contributed by atoms with Crippen LogP contribution in [0.15, 0.2) is 66.7 Å². The van der Waals surface area contributed by atoms with Crippen molar-refractivity contribution in [3.63, 3.8) is 0 Å². The Bertz CT molecular complexity index is 830. The van der Waals surface area contributed by atoms with Crippen LogP contribution in [-0.2, 0) is 0 Å². The Labute approximate surface area is 170 Å². The Morgan fingerprint density at radius 1 is 0.893 bits per heavy atom. The smallest absolute Gasteiger partial charge is 0.0361 e. The molecule has 0 radical (unpaired) electrons. The van der Waals surface area contributed by atoms with E-state index in [2.05, 4.69) is 90.6 Å². The second-order valence-electron chi connectivity index (χ2n) is 8.42. The number of nitrogens with zero attached hydrogens (tertiary/aromatic N) is 2. The maximum Gasteiger partial charge on any atom is 0.0361 e. The van der Waals surface area contributed by atoms with Crippen LogP contribution in [0, 0.1) is 5.92 Å². The first-order valence-corrected chi connectivity index (χ1v) is 10.6. The number of hydrogen-bond donors (Lipinski definition) is 0. The minimum Gasteiger partial charge on any atom is -0.378 e. The summed E-state index contributed by atoms with van der Waals surface area (Å²) in [6.45, 7) is 3.51. The summed E-state index contributed by atoms with van der Waals surface area (Å²) < 4.78 is 0. The summed E-state index contributed by atoms with van der Waals surface area (Å²) in [6, 6.07) is 19.9. The fourth-order valence-electron chi connectivity index (χ4n) is 4.51. The molecule has 0 saturated carbocycles. The van der Waals surface area contributed by atoms with E-state index in [1.807, 2.05) is 0 Å². The van der Waals surface area contributed by atoms with Gasteiger partial charge in [-0.2, -0.15) is 0 Å². The lowest BCUT2D eigenvalue weighted by molar-refractivity contribution is 0.244. The highest BCUT2D eigenvalue weighted by Crippen LogP contribution is 2.33. The summed E-state index contributed by atoms with van der Waals surface area (Å²) in [5.74, 6) is 0.778. The molecule has 0 saturated heterocycles. The zero-order chi connectivity index (χ0) is 19.3. The molecule has 1 aliphatic heterocycles. The topological polar surface area (TPSA) is 6.48 Å². The lowest BCUT2D eigenvalue weighted by Crippen LogP contribution is -2.33. The second-order valence-corrected chi connectivity index (χ2v) is 8.42. The summed E-state index contributed by atoms with van der Waals surface area (Å²) in [4.78, 5) is 4.81. The van der Waals surface area contributed by atoms with Gasteiger partial charge < -0.3 is 4.90 Å². The quantitative estimate of drug-likeness (QED) is 0.662. The molecular formula is C26H32N2. The van der Waals surface area contributed by atoms with Gasteiger partial charge in [-0.05, 0) is 66.0 Å². The van der Waals surface area contributed by atoms with Crippen LogP contribution >= 0.6 is 0 Å². The van der Waals surface area contributed by atoms with Gasteiger partial charge in [0.1, 0.15) is 0 Å². The van der Waals surface area contributed by atoms with E-state index < -0.39 is 0 Å². The molecule has 1 heterocycles. The third kappa shape index (κ3) is 4.56. The number of anilines is 1. The lowest BCUT2D eigenvalue weighted by Gasteiger charge is -2.32. The molecule has 146 valence electrons. The molecule has 0 bridgehead atoms. The van der Waals surface area contributed by atoms with Gasteiger partial charge in [-0.15, -0.1) is 0 Å². The van der Waals surface area contributed by atoms with Crippen LogP contribution in [0.3, 0.4) is 0 Å². The SMILES string of the molecule is CN(C)c1ccc(C2=CCC[C@@H](CN3CC=C(c4ccccc4)CC3)C2)cc1. The molecule has 2 heteroatoms. The van der Waals surface area contributed by atoms with Gasteiger partial charge in [0.15, 0.2) is 0 Å². The van der Waals surface area contributed by atoms with Crippen molar-refractivity contribution in [3.05, 3.63) is 77.9 Å². The standard InChI is InChI=1S/C26H32N2/c1-27(2)26-13-11-23(12-14-26)25-10-6-7-21(19-25)20-28-17-15-24(16-18-28)22-8-4-3-5-9-22/h3-5,8-15,21H,6-7,16-20H2,1-2H3/t21-/m1/s1. The van der Waals surface area contributed by atoms with Crippen LogP contribution in [0.1, 0.15) is 36.8 Å². The third-order valence-corrected chi connectivity index (χ3v) is 6.18. The lowest BCUT2D eigenvalue weighted by atomic mass is 9.85. The van der Waals surface area contributed by atoms with Gasteiger partial charge in [0.2, 0.25) is 0 Å². The van der Waals surface area contributed by atoms with E-state index in [4.69, 9.17) is 0 Å². The largest absolute Gasteiger partial charge is 0.378 e. The van der Waals surface area contributed by atoms with Crippen LogP contribution in [0.25, 0.3) is 11.1 Å². The number of hydrogen-bond acceptors (Lipinski definition) is 2. The molecule has 1 aliphatic carbocycles. The maximum absolute atomic E-state index is 2.65. The number of rotatable bonds is 5. The van der Waals surface area contributed by atoms with Gasteiger partial charge in [-0.1, -0.05) is 54.6 Å². The van der Waals surface area contributed by atoms with E-state index in [0.717, 1.165) is 12.5 Å². The van der Waals surface area contributed by atoms with Crippen molar-refractivity contribution < 1.29 is 0 Å². The molecule has 1 atom stereocenters. The van der Waals surface area contributed by atoms with Crippen molar-refractivity contribution in [2.24, 2.45) is 5.92 Å². The summed E-state index contributed by atoms with van der Waals surface area (Å²) >= 11 is 0. The van der Waals surface area contributed by atoms with Crippen LogP contribution in [0.5, 0.6) is 0 Å². The Kier molecular flexibility index (Phi) is 5.97. The molecule has 0 N–H and O–H groups in total. The molecule has 0 amide bonds. The Morgan fingerprint density at radius 3 is 2.32 bits per heavy atom. The number of allylic oxidation sites excluding steroid dienone is 2. The predicted molar refractivity (Wildman–Crippen MR) is 122 cm³/mol. The van der Waals surface area contributed by atoms with Gasteiger partial charge in [0.05, 0.1) is 0 Å². The first kappa shape index (κ1) is 19.0. The molecule has 28 heavy (non-hydrogen) atoms. The summed E-state index contributed by atoms with van der Waals surface area (Å²) in [6.07, 6.45) is 9.83. The van der Waals surface area contributed by atoms with E-state index in [0.29, 0.717) is 0 Å². The predicted octanol–water partition coefficient (Wildman–Crippen LogP) is 5.73. The molecule has 2 aliphatic rings. The highest BCUT2D eigenvalue weighted by Gasteiger charge is 2.21.